The van der Waals surface area contributed by atoms with Gasteiger partial charge in [0.1, 0.15) is 5.75 Å². The maximum absolute atomic E-state index is 11.7. The molecular weight excluding hydrogens is 208 g/mol. The number of rotatable bonds is 7. The van der Waals surface area contributed by atoms with Gasteiger partial charge in [-0.05, 0) is 12.8 Å². The van der Waals surface area contributed by atoms with Gasteiger partial charge in [0.2, 0.25) is 0 Å². The zero-order valence-corrected chi connectivity index (χ0v) is 10.3. The highest BCUT2D eigenvalue weighted by Crippen LogP contribution is 2.14. The van der Waals surface area contributed by atoms with Gasteiger partial charge in [0.15, 0.2) is 0 Å². The van der Waals surface area contributed by atoms with Crippen LogP contribution in [0.25, 0.3) is 0 Å². The van der Waals surface area contributed by atoms with Crippen molar-refractivity contribution in [2.45, 2.75) is 44.8 Å². The van der Waals surface area contributed by atoms with Crippen molar-refractivity contribution in [1.82, 2.24) is 0 Å². The summed E-state index contributed by atoms with van der Waals surface area (Å²) in [5.74, 6) is 0.0760. The SMILES string of the molecule is CC/C=C(/N)C(CCCC)S(=O)CC#N. The molecule has 4 heteroatoms. The molecule has 2 N–H and O–H groups in total. The largest absolute Gasteiger partial charge is 0.401 e. The minimum Gasteiger partial charge on any atom is -0.401 e. The van der Waals surface area contributed by atoms with Gasteiger partial charge in [-0.25, -0.2) is 0 Å². The number of nitrogens with zero attached hydrogens (tertiary/aromatic N) is 1. The molecule has 86 valence electrons. The van der Waals surface area contributed by atoms with E-state index in [-0.39, 0.29) is 11.0 Å². The van der Waals surface area contributed by atoms with Crippen molar-refractivity contribution in [3.63, 3.8) is 0 Å². The van der Waals surface area contributed by atoms with E-state index in [0.29, 0.717) is 5.70 Å². The fourth-order valence-corrected chi connectivity index (χ4v) is 2.53. The third-order valence-corrected chi connectivity index (χ3v) is 3.71. The van der Waals surface area contributed by atoms with Gasteiger partial charge in [-0.3, -0.25) is 4.21 Å². The zero-order valence-electron chi connectivity index (χ0n) is 9.53. The number of nitriles is 1. The lowest BCUT2D eigenvalue weighted by atomic mass is 10.1. The highest BCUT2D eigenvalue weighted by Gasteiger charge is 2.18. The van der Waals surface area contributed by atoms with Crippen LogP contribution in [0, 0.1) is 11.3 Å². The van der Waals surface area contributed by atoms with E-state index in [1.165, 1.54) is 0 Å². The quantitative estimate of drug-likeness (QED) is 0.725. The van der Waals surface area contributed by atoms with Crippen molar-refractivity contribution >= 4 is 10.8 Å². The van der Waals surface area contributed by atoms with Crippen LogP contribution < -0.4 is 5.73 Å². The second-order valence-corrected chi connectivity index (χ2v) is 5.05. The molecule has 0 heterocycles. The Balaban J connectivity index is 4.50. The molecule has 0 spiro atoms. The van der Waals surface area contributed by atoms with Crippen LogP contribution in [-0.4, -0.2) is 15.2 Å². The fraction of sp³-hybridized carbons (Fsp3) is 0.727. The van der Waals surface area contributed by atoms with Gasteiger partial charge in [-0.2, -0.15) is 5.26 Å². The average Bonchev–Trinajstić information content (AvgIpc) is 2.19. The van der Waals surface area contributed by atoms with Crippen molar-refractivity contribution in [2.75, 3.05) is 5.75 Å². The van der Waals surface area contributed by atoms with E-state index in [1.807, 2.05) is 19.1 Å². The molecule has 0 amide bonds. The molecule has 0 aliphatic heterocycles. The van der Waals surface area contributed by atoms with Crippen molar-refractivity contribution in [1.29, 1.82) is 5.26 Å². The summed E-state index contributed by atoms with van der Waals surface area (Å²) in [6, 6.07) is 1.94. The van der Waals surface area contributed by atoms with E-state index < -0.39 is 10.8 Å². The number of unbranched alkanes of at least 4 members (excludes halogenated alkanes) is 1. The lowest BCUT2D eigenvalue weighted by Gasteiger charge is -2.15. The molecule has 2 unspecified atom stereocenters. The Labute approximate surface area is 94.8 Å². The molecule has 0 fully saturated rings. The van der Waals surface area contributed by atoms with Crippen LogP contribution in [0.5, 0.6) is 0 Å². The van der Waals surface area contributed by atoms with Crippen LogP contribution >= 0.6 is 0 Å². The van der Waals surface area contributed by atoms with Gasteiger partial charge in [0.25, 0.3) is 0 Å². The van der Waals surface area contributed by atoms with Gasteiger partial charge in [-0.15, -0.1) is 0 Å². The van der Waals surface area contributed by atoms with E-state index in [2.05, 4.69) is 6.92 Å². The lowest BCUT2D eigenvalue weighted by molar-refractivity contribution is 0.656. The maximum atomic E-state index is 11.7. The number of hydrogen-bond donors (Lipinski definition) is 1. The summed E-state index contributed by atoms with van der Waals surface area (Å²) in [5.41, 5.74) is 6.54. The lowest BCUT2D eigenvalue weighted by Crippen LogP contribution is -2.24. The summed E-state index contributed by atoms with van der Waals surface area (Å²) < 4.78 is 11.7. The maximum Gasteiger partial charge on any atom is 0.111 e. The van der Waals surface area contributed by atoms with Gasteiger partial charge in [0.05, 0.1) is 11.3 Å². The Hall–Kier alpha value is -0.820. The Kier molecular flexibility index (Phi) is 8.02. The Morgan fingerprint density at radius 2 is 2.27 bits per heavy atom. The summed E-state index contributed by atoms with van der Waals surface area (Å²) in [7, 11) is -1.15. The zero-order chi connectivity index (χ0) is 11.7. The Bertz CT molecular complexity index is 268. The van der Waals surface area contributed by atoms with Crippen LogP contribution in [0.3, 0.4) is 0 Å². The fourth-order valence-electron chi connectivity index (χ4n) is 1.37. The van der Waals surface area contributed by atoms with Gasteiger partial charge in [-0.1, -0.05) is 32.8 Å². The molecule has 0 saturated heterocycles. The number of allylic oxidation sites excluding steroid dienone is 1. The molecule has 3 nitrogen and oxygen atoms in total. The van der Waals surface area contributed by atoms with Gasteiger partial charge >= 0.3 is 0 Å². The molecule has 0 aromatic heterocycles. The normalized spacial score (nSPS) is 15.7. The van der Waals surface area contributed by atoms with E-state index in [9.17, 15) is 4.21 Å². The second-order valence-electron chi connectivity index (χ2n) is 3.43. The van der Waals surface area contributed by atoms with Gasteiger partial charge < -0.3 is 5.73 Å². The standard InChI is InChI=1S/C11H20N2OS/c1-3-5-7-11(10(13)6-4-2)15(14)9-8-12/h6,11H,3-5,7,9,13H2,1-2H3/b10-6+. The molecule has 0 aliphatic carbocycles. The average molecular weight is 228 g/mol. The topological polar surface area (TPSA) is 66.9 Å². The molecule has 0 aromatic carbocycles. The van der Waals surface area contributed by atoms with Gasteiger partial charge in [0, 0.05) is 16.5 Å². The van der Waals surface area contributed by atoms with E-state index in [4.69, 9.17) is 11.0 Å². The molecule has 0 rings (SSSR count). The first-order chi connectivity index (χ1) is 7.17. The monoisotopic (exact) mass is 228 g/mol. The highest BCUT2D eigenvalue weighted by atomic mass is 32.2. The summed E-state index contributed by atoms with van der Waals surface area (Å²) in [6.45, 7) is 4.08. The van der Waals surface area contributed by atoms with Crippen LogP contribution in [0.15, 0.2) is 11.8 Å². The first-order valence-corrected chi connectivity index (χ1v) is 6.75. The Morgan fingerprint density at radius 3 is 2.73 bits per heavy atom. The Morgan fingerprint density at radius 1 is 1.60 bits per heavy atom. The third kappa shape index (κ3) is 5.58. The van der Waals surface area contributed by atoms with Crippen LogP contribution in [0.2, 0.25) is 0 Å². The molecule has 0 bridgehead atoms. The summed E-state index contributed by atoms with van der Waals surface area (Å²) in [6.07, 6.45) is 5.61. The summed E-state index contributed by atoms with van der Waals surface area (Å²) in [5, 5.41) is 8.38. The molecule has 0 saturated carbocycles. The van der Waals surface area contributed by atoms with Crippen molar-refractivity contribution in [3.8, 4) is 6.07 Å². The van der Waals surface area contributed by atoms with Crippen molar-refractivity contribution in [3.05, 3.63) is 11.8 Å². The molecule has 2 atom stereocenters. The van der Waals surface area contributed by atoms with E-state index in [0.717, 1.165) is 25.7 Å². The summed E-state index contributed by atoms with van der Waals surface area (Å²) >= 11 is 0. The number of hydrogen-bond acceptors (Lipinski definition) is 3. The minimum atomic E-state index is -1.15. The highest BCUT2D eigenvalue weighted by molar-refractivity contribution is 7.86. The molecule has 0 radical (unpaired) electrons. The summed E-state index contributed by atoms with van der Waals surface area (Å²) in [4.78, 5) is 0. The van der Waals surface area contributed by atoms with Crippen LogP contribution in [-0.2, 0) is 10.8 Å². The minimum absolute atomic E-state index is 0.0760. The van der Waals surface area contributed by atoms with Crippen LogP contribution in [0.1, 0.15) is 39.5 Å². The number of nitrogens with two attached hydrogens (primary N) is 1. The predicted octanol–water partition coefficient (Wildman–Crippen LogP) is 2.07. The van der Waals surface area contributed by atoms with E-state index in [1.54, 1.807) is 0 Å². The smallest absolute Gasteiger partial charge is 0.111 e. The third-order valence-electron chi connectivity index (χ3n) is 2.16. The second kappa shape index (κ2) is 8.49. The van der Waals surface area contributed by atoms with Crippen LogP contribution in [0.4, 0.5) is 0 Å². The predicted molar refractivity (Wildman–Crippen MR) is 64.5 cm³/mol. The van der Waals surface area contributed by atoms with Crippen molar-refractivity contribution in [2.24, 2.45) is 5.73 Å². The molecule has 15 heavy (non-hydrogen) atoms. The van der Waals surface area contributed by atoms with E-state index >= 15 is 0 Å². The molecular formula is C11H20N2OS. The molecule has 0 aliphatic rings. The first kappa shape index (κ1) is 14.2. The van der Waals surface area contributed by atoms with Crippen molar-refractivity contribution < 1.29 is 4.21 Å². The first-order valence-electron chi connectivity index (χ1n) is 5.36. The molecule has 0 aromatic rings.